The molecule has 3 aliphatic rings. The van der Waals surface area contributed by atoms with E-state index in [9.17, 15) is 4.79 Å². The van der Waals surface area contributed by atoms with Crippen LogP contribution in [0, 0.1) is 0 Å². The molecule has 8 nitrogen and oxygen atoms in total. The highest BCUT2D eigenvalue weighted by Gasteiger charge is 2.34. The molecule has 0 unspecified atom stereocenters. The van der Waals surface area contributed by atoms with Gasteiger partial charge in [-0.05, 0) is 56.0 Å². The van der Waals surface area contributed by atoms with Crippen molar-refractivity contribution in [2.45, 2.75) is 44.4 Å². The second kappa shape index (κ2) is 9.18. The average molecular weight is 465 g/mol. The lowest BCUT2D eigenvalue weighted by Crippen LogP contribution is -2.42. The zero-order valence-electron chi connectivity index (χ0n) is 20.2. The van der Waals surface area contributed by atoms with E-state index in [1.807, 2.05) is 19.1 Å². The van der Waals surface area contributed by atoms with Crippen molar-refractivity contribution in [2.24, 2.45) is 5.10 Å². The van der Waals surface area contributed by atoms with Crippen LogP contribution in [-0.2, 0) is 11.2 Å². The first-order valence-electron chi connectivity index (χ1n) is 11.9. The summed E-state index contributed by atoms with van der Waals surface area (Å²) in [5.74, 6) is 1.30. The molecule has 5 rings (SSSR count). The van der Waals surface area contributed by atoms with Crippen molar-refractivity contribution < 1.29 is 19.0 Å². The molecular weight excluding hydrogens is 432 g/mol. The predicted molar refractivity (Wildman–Crippen MR) is 131 cm³/mol. The number of carbonyl (C=O) groups excluding carboxylic acids is 1. The third-order valence-electron chi connectivity index (χ3n) is 6.98. The summed E-state index contributed by atoms with van der Waals surface area (Å²) in [6.07, 6.45) is 3.60. The molecule has 0 aliphatic carbocycles. The molecule has 2 bridgehead atoms. The van der Waals surface area contributed by atoms with Crippen molar-refractivity contribution in [2.75, 3.05) is 39.3 Å². The summed E-state index contributed by atoms with van der Waals surface area (Å²) >= 11 is 0. The van der Waals surface area contributed by atoms with Crippen LogP contribution in [0.5, 0.6) is 11.5 Å². The van der Waals surface area contributed by atoms with Gasteiger partial charge < -0.3 is 24.4 Å². The SMILES string of the molecule is CNC(=O)N1N=C(c2ccc(N3C[C@H]4CC[C@H](C3)O4)cc2)c2cc(OC)c(OC)cc2C[C@@H]1C. The highest BCUT2D eigenvalue weighted by molar-refractivity contribution is 6.14. The Morgan fingerprint density at radius 1 is 1.06 bits per heavy atom. The first kappa shape index (κ1) is 22.5. The van der Waals surface area contributed by atoms with Gasteiger partial charge in [0.1, 0.15) is 0 Å². The lowest BCUT2D eigenvalue weighted by atomic mass is 9.94. The van der Waals surface area contributed by atoms with Gasteiger partial charge >= 0.3 is 6.03 Å². The van der Waals surface area contributed by atoms with Gasteiger partial charge in [-0.2, -0.15) is 5.10 Å². The fourth-order valence-corrected chi connectivity index (χ4v) is 5.20. The first-order valence-corrected chi connectivity index (χ1v) is 11.9. The van der Waals surface area contributed by atoms with E-state index in [0.717, 1.165) is 48.3 Å². The molecular formula is C26H32N4O4. The smallest absolute Gasteiger partial charge is 0.337 e. The summed E-state index contributed by atoms with van der Waals surface area (Å²) in [4.78, 5) is 15.1. The van der Waals surface area contributed by atoms with Gasteiger partial charge in [0.05, 0.1) is 38.2 Å². The molecule has 3 aliphatic heterocycles. The third kappa shape index (κ3) is 4.07. The molecule has 1 N–H and O–H groups in total. The quantitative estimate of drug-likeness (QED) is 0.751. The summed E-state index contributed by atoms with van der Waals surface area (Å²) < 4.78 is 17.1. The number of hydrazone groups is 1. The summed E-state index contributed by atoms with van der Waals surface area (Å²) in [6, 6.07) is 12.0. The van der Waals surface area contributed by atoms with Gasteiger partial charge in [-0.15, -0.1) is 0 Å². The van der Waals surface area contributed by atoms with Gasteiger partial charge in [-0.3, -0.25) is 0 Å². The van der Waals surface area contributed by atoms with Gasteiger partial charge in [-0.1, -0.05) is 12.1 Å². The number of anilines is 1. The number of amides is 2. The zero-order valence-corrected chi connectivity index (χ0v) is 20.2. The maximum atomic E-state index is 12.7. The van der Waals surface area contributed by atoms with E-state index >= 15 is 0 Å². The predicted octanol–water partition coefficient (Wildman–Crippen LogP) is 3.41. The minimum atomic E-state index is -0.239. The number of morpholine rings is 1. The monoisotopic (exact) mass is 464 g/mol. The Labute approximate surface area is 200 Å². The van der Waals surface area contributed by atoms with E-state index in [-0.39, 0.29) is 12.1 Å². The maximum absolute atomic E-state index is 12.7. The molecule has 180 valence electrons. The minimum Gasteiger partial charge on any atom is -0.493 e. The van der Waals surface area contributed by atoms with Crippen LogP contribution in [0.2, 0.25) is 0 Å². The van der Waals surface area contributed by atoms with Crippen LogP contribution in [0.4, 0.5) is 10.5 Å². The molecule has 34 heavy (non-hydrogen) atoms. The van der Waals surface area contributed by atoms with Crippen LogP contribution in [0.3, 0.4) is 0 Å². The molecule has 2 aromatic rings. The number of hydrogen-bond donors (Lipinski definition) is 1. The zero-order chi connectivity index (χ0) is 23.8. The number of benzene rings is 2. The fourth-order valence-electron chi connectivity index (χ4n) is 5.20. The molecule has 2 aromatic carbocycles. The van der Waals surface area contributed by atoms with Crippen molar-refractivity contribution in [1.29, 1.82) is 0 Å². The molecule has 2 fully saturated rings. The van der Waals surface area contributed by atoms with Crippen LogP contribution in [0.1, 0.15) is 36.5 Å². The van der Waals surface area contributed by atoms with Crippen LogP contribution < -0.4 is 19.7 Å². The molecule has 2 amide bonds. The van der Waals surface area contributed by atoms with E-state index in [2.05, 4.69) is 34.5 Å². The van der Waals surface area contributed by atoms with E-state index in [4.69, 9.17) is 19.3 Å². The maximum Gasteiger partial charge on any atom is 0.337 e. The molecule has 0 radical (unpaired) electrons. The number of nitrogens with one attached hydrogen (secondary N) is 1. The summed E-state index contributed by atoms with van der Waals surface area (Å²) in [5, 5.41) is 9.10. The second-order valence-corrected chi connectivity index (χ2v) is 9.18. The lowest BCUT2D eigenvalue weighted by molar-refractivity contribution is 0.0305. The van der Waals surface area contributed by atoms with Crippen LogP contribution in [-0.4, -0.2) is 69.4 Å². The van der Waals surface area contributed by atoms with Gasteiger partial charge in [0.2, 0.25) is 0 Å². The number of nitrogens with zero attached hydrogens (tertiary/aromatic N) is 3. The lowest BCUT2D eigenvalue weighted by Gasteiger charge is -2.34. The topological polar surface area (TPSA) is 75.6 Å². The Balaban J connectivity index is 1.55. The van der Waals surface area contributed by atoms with E-state index < -0.39 is 0 Å². The van der Waals surface area contributed by atoms with Crippen molar-refractivity contribution in [1.82, 2.24) is 10.3 Å². The van der Waals surface area contributed by atoms with Gasteiger partial charge in [-0.25, -0.2) is 9.80 Å². The standard InChI is InChI=1S/C26H32N4O4/c1-16-11-18-12-23(32-3)24(33-4)13-22(18)25(28-30(16)26(31)27-2)17-5-7-19(8-6-17)29-14-20-9-10-21(15-29)34-20/h5-8,12-13,16,20-21H,9-11,14-15H2,1-4H3,(H,27,31)/t16-,20+,21+/m0/s1. The Hall–Kier alpha value is -3.26. The number of fused-ring (bicyclic) bond motifs is 3. The van der Waals surface area contributed by atoms with Gasteiger partial charge in [0.15, 0.2) is 11.5 Å². The second-order valence-electron chi connectivity index (χ2n) is 9.18. The molecule has 0 saturated carbocycles. The molecule has 3 atom stereocenters. The van der Waals surface area contributed by atoms with Crippen LogP contribution in [0.25, 0.3) is 0 Å². The Morgan fingerprint density at radius 2 is 1.71 bits per heavy atom. The molecule has 0 aromatic heterocycles. The van der Waals surface area contributed by atoms with Gasteiger partial charge in [0.25, 0.3) is 0 Å². The van der Waals surface area contributed by atoms with Crippen molar-refractivity contribution in [3.63, 3.8) is 0 Å². The third-order valence-corrected chi connectivity index (χ3v) is 6.98. The number of carbonyl (C=O) groups is 1. The van der Waals surface area contributed by atoms with E-state index in [1.54, 1.807) is 21.3 Å². The van der Waals surface area contributed by atoms with E-state index in [0.29, 0.717) is 30.1 Å². The number of hydrogen-bond acceptors (Lipinski definition) is 6. The van der Waals surface area contributed by atoms with Crippen LogP contribution >= 0.6 is 0 Å². The Bertz CT molecular complexity index is 1090. The van der Waals surface area contributed by atoms with Crippen LogP contribution in [0.15, 0.2) is 41.5 Å². The van der Waals surface area contributed by atoms with Crippen molar-refractivity contribution in [3.8, 4) is 11.5 Å². The summed E-state index contributed by atoms with van der Waals surface area (Å²) in [5.41, 5.74) is 4.85. The Kier molecular flexibility index (Phi) is 6.08. The van der Waals surface area contributed by atoms with E-state index in [1.165, 1.54) is 10.7 Å². The highest BCUT2D eigenvalue weighted by atomic mass is 16.5. The van der Waals surface area contributed by atoms with Gasteiger partial charge in [0, 0.05) is 37.0 Å². The van der Waals surface area contributed by atoms with Crippen molar-refractivity contribution in [3.05, 3.63) is 53.1 Å². The first-order chi connectivity index (χ1) is 16.5. The molecule has 3 heterocycles. The number of rotatable bonds is 4. The largest absolute Gasteiger partial charge is 0.493 e. The average Bonchev–Trinajstić information content (AvgIpc) is 3.13. The molecule has 2 saturated heterocycles. The van der Waals surface area contributed by atoms with Crippen molar-refractivity contribution >= 4 is 17.4 Å². The number of methoxy groups -OCH3 is 2. The summed E-state index contributed by atoms with van der Waals surface area (Å²) in [7, 11) is 4.88. The molecule has 8 heteroatoms. The minimum absolute atomic E-state index is 0.127. The number of ether oxygens (including phenoxy) is 3. The highest BCUT2D eigenvalue weighted by Crippen LogP contribution is 2.35. The summed E-state index contributed by atoms with van der Waals surface area (Å²) in [6.45, 7) is 3.86. The number of urea groups is 1. The molecule has 0 spiro atoms. The normalized spacial score (nSPS) is 23.6. The Morgan fingerprint density at radius 3 is 2.32 bits per heavy atom. The fraction of sp³-hybridized carbons (Fsp3) is 0.462.